The second-order valence-electron chi connectivity index (χ2n) is 17.4. The molecule has 0 saturated carbocycles. The molecule has 0 unspecified atom stereocenters. The third-order valence-corrected chi connectivity index (χ3v) is 11.3. The van der Waals surface area contributed by atoms with E-state index < -0.39 is 90.4 Å². The molecule has 19 heteroatoms. The Morgan fingerprint density at radius 2 is 1.23 bits per heavy atom. The van der Waals surface area contributed by atoms with Crippen molar-refractivity contribution in [2.24, 2.45) is 33.8 Å². The fourth-order valence-electron chi connectivity index (χ4n) is 7.47. The highest BCUT2D eigenvalue weighted by atomic mass is 16.4. The molecule has 1 aromatic carbocycles. The summed E-state index contributed by atoms with van der Waals surface area (Å²) in [5.74, 6) is -7.56. The Morgan fingerprint density at radius 3 is 1.74 bits per heavy atom. The highest BCUT2D eigenvalue weighted by Crippen LogP contribution is 2.19. The maximum Gasteiger partial charge on any atom is 0.326 e. The fourth-order valence-corrected chi connectivity index (χ4v) is 7.47. The van der Waals surface area contributed by atoms with Crippen LogP contribution in [0.5, 0.6) is 5.75 Å². The number of rotatable bonds is 37. The van der Waals surface area contributed by atoms with E-state index in [1.165, 1.54) is 69.2 Å². The molecule has 5 atom stereocenters. The number of phenols is 1. The summed E-state index contributed by atoms with van der Waals surface area (Å²) in [6.07, 6.45) is 14.0. The van der Waals surface area contributed by atoms with Crippen LogP contribution in [0.15, 0.2) is 29.3 Å². The lowest BCUT2D eigenvalue weighted by molar-refractivity contribution is -0.153. The minimum absolute atomic E-state index is 0.0286. The topological polar surface area (TPSA) is 336 Å². The van der Waals surface area contributed by atoms with E-state index in [0.717, 1.165) is 37.0 Å². The van der Waals surface area contributed by atoms with Gasteiger partial charge in [-0.05, 0) is 75.1 Å². The molecule has 0 aliphatic heterocycles. The second-order valence-corrected chi connectivity index (χ2v) is 17.4. The first-order valence-corrected chi connectivity index (χ1v) is 23.9. The molecular formula is C47H81N9O10. The number of carbonyl (C=O) groups excluding carboxylic acids is 5. The van der Waals surface area contributed by atoms with Gasteiger partial charge in [-0.15, -0.1) is 0 Å². The monoisotopic (exact) mass is 932 g/mol. The number of carbonyl (C=O) groups is 7. The predicted octanol–water partition coefficient (Wildman–Crippen LogP) is 3.71. The summed E-state index contributed by atoms with van der Waals surface area (Å²) in [4.78, 5) is 99.0. The first-order chi connectivity index (χ1) is 31.4. The van der Waals surface area contributed by atoms with Crippen LogP contribution < -0.4 is 38.9 Å². The van der Waals surface area contributed by atoms with Crippen LogP contribution in [0.3, 0.4) is 0 Å². The van der Waals surface area contributed by atoms with Gasteiger partial charge in [0, 0.05) is 25.8 Å². The lowest BCUT2D eigenvalue weighted by Gasteiger charge is -2.33. The number of amides is 5. The zero-order valence-corrected chi connectivity index (χ0v) is 39.6. The molecule has 1 aromatic rings. The highest BCUT2D eigenvalue weighted by Gasteiger charge is 2.39. The number of imide groups is 1. The summed E-state index contributed by atoms with van der Waals surface area (Å²) < 4.78 is 0. The number of aliphatic imine (C=N–C) groups is 1. The van der Waals surface area contributed by atoms with Crippen molar-refractivity contribution in [3.63, 3.8) is 0 Å². The van der Waals surface area contributed by atoms with Gasteiger partial charge < -0.3 is 54.2 Å². The van der Waals surface area contributed by atoms with Gasteiger partial charge in [0.2, 0.25) is 29.5 Å². The van der Waals surface area contributed by atoms with Crippen LogP contribution in [0.4, 0.5) is 0 Å². The Labute approximate surface area is 391 Å². The van der Waals surface area contributed by atoms with Crippen LogP contribution in [0, 0.1) is 5.92 Å². The van der Waals surface area contributed by atoms with Gasteiger partial charge in [-0.2, -0.15) is 0 Å². The van der Waals surface area contributed by atoms with Gasteiger partial charge in [0.05, 0.1) is 6.04 Å². The van der Waals surface area contributed by atoms with Gasteiger partial charge in [0.15, 0.2) is 5.96 Å². The molecule has 374 valence electrons. The van der Waals surface area contributed by atoms with E-state index >= 15 is 0 Å². The Kier molecular flexibility index (Phi) is 30.3. The van der Waals surface area contributed by atoms with E-state index in [1.54, 1.807) is 13.8 Å². The van der Waals surface area contributed by atoms with Crippen molar-refractivity contribution >= 4 is 47.4 Å². The molecule has 1 rings (SSSR count). The van der Waals surface area contributed by atoms with Crippen LogP contribution in [0.2, 0.25) is 0 Å². The van der Waals surface area contributed by atoms with E-state index in [4.69, 9.17) is 22.9 Å². The Bertz CT molecular complexity index is 1660. The molecule has 14 N–H and O–H groups in total. The van der Waals surface area contributed by atoms with Gasteiger partial charge in [-0.1, -0.05) is 110 Å². The van der Waals surface area contributed by atoms with Crippen LogP contribution in [0.1, 0.15) is 161 Å². The number of carboxylic acid groups (broad SMARTS) is 2. The van der Waals surface area contributed by atoms with Gasteiger partial charge in [0.1, 0.15) is 29.9 Å². The van der Waals surface area contributed by atoms with Crippen LogP contribution in [0.25, 0.3) is 0 Å². The van der Waals surface area contributed by atoms with Crippen molar-refractivity contribution in [2.75, 3.05) is 13.1 Å². The molecular weight excluding hydrogens is 851 g/mol. The number of aliphatic carboxylic acids is 2. The number of phenolic OH excluding ortho intramolecular Hbond substituents is 1. The van der Waals surface area contributed by atoms with Crippen molar-refractivity contribution < 1.29 is 48.9 Å². The summed E-state index contributed by atoms with van der Waals surface area (Å²) in [5.41, 5.74) is 23.5. The molecule has 0 saturated heterocycles. The minimum atomic E-state index is -1.56. The lowest BCUT2D eigenvalue weighted by atomic mass is 9.99. The van der Waals surface area contributed by atoms with Crippen molar-refractivity contribution in [2.45, 2.75) is 192 Å². The zero-order chi connectivity index (χ0) is 49.4. The van der Waals surface area contributed by atoms with Crippen LogP contribution >= 0.6 is 0 Å². The average Bonchev–Trinajstić information content (AvgIpc) is 3.26. The van der Waals surface area contributed by atoms with Gasteiger partial charge >= 0.3 is 11.9 Å². The molecule has 0 radical (unpaired) electrons. The number of carboxylic acids is 2. The molecule has 19 nitrogen and oxygen atoms in total. The Hall–Kier alpha value is -5.30. The number of hydrogen-bond donors (Lipinski definition) is 10. The number of guanidine groups is 1. The number of nitrogens with two attached hydrogens (primary N) is 4. The largest absolute Gasteiger partial charge is 0.508 e. The number of nitrogens with zero attached hydrogens (tertiary/aromatic N) is 2. The third kappa shape index (κ3) is 24.8. The molecule has 0 aliphatic carbocycles. The quantitative estimate of drug-likeness (QED) is 0.0258. The lowest BCUT2D eigenvalue weighted by Crippen LogP contribution is -2.61. The maximum absolute atomic E-state index is 14.4. The first-order valence-electron chi connectivity index (χ1n) is 23.9. The first kappa shape index (κ1) is 58.7. The number of benzene rings is 1. The molecule has 0 fully saturated rings. The summed E-state index contributed by atoms with van der Waals surface area (Å²) in [6, 6.07) is -1.24. The van der Waals surface area contributed by atoms with Gasteiger partial charge in [0.25, 0.3) is 0 Å². The Balaban J connectivity index is 3.33. The number of unbranched alkanes of at least 4 members (excludes halogenated alkanes) is 13. The zero-order valence-electron chi connectivity index (χ0n) is 39.6. The van der Waals surface area contributed by atoms with Crippen LogP contribution in [-0.4, -0.2) is 111 Å². The summed E-state index contributed by atoms with van der Waals surface area (Å²) in [5, 5.41) is 36.7. The number of hydrogen-bond acceptors (Lipinski definition) is 11. The minimum Gasteiger partial charge on any atom is -0.508 e. The Morgan fingerprint density at radius 1 is 0.667 bits per heavy atom. The molecule has 0 spiro atoms. The van der Waals surface area contributed by atoms with E-state index in [1.807, 2.05) is 0 Å². The molecule has 0 aliphatic rings. The summed E-state index contributed by atoms with van der Waals surface area (Å²) in [6.45, 7) is 5.83. The normalized spacial score (nSPS) is 13.4. The van der Waals surface area contributed by atoms with Crippen molar-refractivity contribution in [3.8, 4) is 5.75 Å². The maximum atomic E-state index is 14.4. The van der Waals surface area contributed by atoms with Crippen molar-refractivity contribution in [1.82, 2.24) is 20.9 Å². The molecule has 5 amide bonds. The van der Waals surface area contributed by atoms with Crippen molar-refractivity contribution in [3.05, 3.63) is 29.8 Å². The molecule has 0 aromatic heterocycles. The van der Waals surface area contributed by atoms with Crippen LogP contribution in [-0.2, 0) is 40.0 Å². The number of nitrogens with one attached hydrogen (secondary N) is 3. The predicted molar refractivity (Wildman–Crippen MR) is 254 cm³/mol. The van der Waals surface area contributed by atoms with E-state index in [0.29, 0.717) is 31.2 Å². The molecule has 0 bridgehead atoms. The van der Waals surface area contributed by atoms with Gasteiger partial charge in [-0.3, -0.25) is 38.7 Å². The SMILES string of the molecule is CCCCCCCCCCCCCCCC(=O)N(C(=O)[C@@H](N)CCCN=C(N)N)[C@@H](CCCCN)C(=O)N[C@@H](CCC(=O)O)C(=O)N[C@H](C(=O)N[C@@H](Cc1ccc(O)cc1)C(=O)O)C(C)C. The third-order valence-electron chi connectivity index (χ3n) is 11.3. The smallest absolute Gasteiger partial charge is 0.326 e. The van der Waals surface area contributed by atoms with Gasteiger partial charge in [-0.25, -0.2) is 4.79 Å². The fraction of sp³-hybridized carbons (Fsp3) is 0.702. The second kappa shape index (κ2) is 34.1. The number of aromatic hydroxyl groups is 1. The standard InChI is InChI=1S/C47H81N9O10/c1-4-5-6-7-8-9-10-11-12-13-14-15-16-22-39(58)56(45(64)35(49)20-19-30-52-47(50)51)38(21-17-18-29-48)43(62)53-36(27-28-40(59)60)42(61)55-41(32(2)3)44(63)54-37(46(65)66)31-33-23-25-34(57)26-24-33/h23-26,32,35-38,41,57H,4-22,27-31,48-49H2,1-3H3,(H,53,62)(H,54,63)(H,55,61)(H,59,60)(H,65,66)(H4,50,51,52)/t35-,36-,37-,38-,41-/m0/s1. The summed E-state index contributed by atoms with van der Waals surface area (Å²) in [7, 11) is 0. The van der Waals surface area contributed by atoms with E-state index in [-0.39, 0.29) is 50.5 Å². The average molecular weight is 932 g/mol. The molecule has 0 heterocycles. The molecule has 66 heavy (non-hydrogen) atoms. The highest BCUT2D eigenvalue weighted by molar-refractivity contribution is 6.03. The van der Waals surface area contributed by atoms with E-state index in [2.05, 4.69) is 27.9 Å². The van der Waals surface area contributed by atoms with E-state index in [9.17, 15) is 48.9 Å². The summed E-state index contributed by atoms with van der Waals surface area (Å²) >= 11 is 0. The van der Waals surface area contributed by atoms with Crippen molar-refractivity contribution in [1.29, 1.82) is 0 Å².